The highest BCUT2D eigenvalue weighted by Crippen LogP contribution is 1.94. The zero-order chi connectivity index (χ0) is 15.7. The molecule has 0 aliphatic carbocycles. The number of aromatic nitrogens is 3. The first kappa shape index (κ1) is 16.9. The Morgan fingerprint density at radius 2 is 2.10 bits per heavy atom. The van der Waals surface area contributed by atoms with Crippen molar-refractivity contribution >= 4 is 11.9 Å². The van der Waals surface area contributed by atoms with Crippen LogP contribution in [0.3, 0.4) is 0 Å². The zero-order valence-corrected chi connectivity index (χ0v) is 13.3. The maximum Gasteiger partial charge on any atom is 0.223 e. The Kier molecular flexibility index (Phi) is 7.20. The summed E-state index contributed by atoms with van der Waals surface area (Å²) in [6, 6.07) is 0. The van der Waals surface area contributed by atoms with Crippen LogP contribution in [0.4, 0.5) is 0 Å². The number of nitrogens with zero attached hydrogens (tertiary/aromatic N) is 5. The predicted molar refractivity (Wildman–Crippen MR) is 82.1 cm³/mol. The van der Waals surface area contributed by atoms with E-state index >= 15 is 0 Å². The number of guanidine groups is 1. The molecule has 0 aromatic carbocycles. The van der Waals surface area contributed by atoms with Crippen LogP contribution >= 0.6 is 0 Å². The number of hydrogen-bond acceptors (Lipinski definition) is 4. The number of rotatable bonds is 7. The van der Waals surface area contributed by atoms with Gasteiger partial charge in [-0.25, -0.2) is 0 Å². The van der Waals surface area contributed by atoms with Gasteiger partial charge in [-0.3, -0.25) is 9.79 Å². The van der Waals surface area contributed by atoms with Crippen LogP contribution in [0.15, 0.2) is 11.3 Å². The molecular formula is C13H25N7O. The van der Waals surface area contributed by atoms with Gasteiger partial charge < -0.3 is 20.1 Å². The van der Waals surface area contributed by atoms with Crippen molar-refractivity contribution in [2.75, 3.05) is 34.2 Å². The van der Waals surface area contributed by atoms with Gasteiger partial charge in [0.15, 0.2) is 5.96 Å². The first-order valence-corrected chi connectivity index (χ1v) is 7.09. The van der Waals surface area contributed by atoms with Crippen LogP contribution in [-0.2, 0) is 17.8 Å². The van der Waals surface area contributed by atoms with Gasteiger partial charge in [0.05, 0.1) is 0 Å². The second-order valence-corrected chi connectivity index (χ2v) is 4.76. The van der Waals surface area contributed by atoms with Crippen LogP contribution in [0.25, 0.3) is 0 Å². The van der Waals surface area contributed by atoms with E-state index in [-0.39, 0.29) is 5.91 Å². The lowest BCUT2D eigenvalue weighted by molar-refractivity contribution is -0.128. The summed E-state index contributed by atoms with van der Waals surface area (Å²) < 4.78 is 2.01. The molecule has 0 unspecified atom stereocenters. The molecule has 8 heteroatoms. The highest BCUT2D eigenvalue weighted by Gasteiger charge is 2.05. The van der Waals surface area contributed by atoms with Gasteiger partial charge in [-0.15, -0.1) is 10.2 Å². The van der Waals surface area contributed by atoms with Gasteiger partial charge in [-0.05, 0) is 0 Å². The van der Waals surface area contributed by atoms with Crippen molar-refractivity contribution in [3.05, 3.63) is 12.2 Å². The Morgan fingerprint density at radius 1 is 1.38 bits per heavy atom. The van der Waals surface area contributed by atoms with E-state index in [0.717, 1.165) is 18.8 Å². The second kappa shape index (κ2) is 8.93. The summed E-state index contributed by atoms with van der Waals surface area (Å²) in [5.41, 5.74) is 0. The predicted octanol–water partition coefficient (Wildman–Crippen LogP) is -0.516. The van der Waals surface area contributed by atoms with Gasteiger partial charge in [0.1, 0.15) is 12.2 Å². The van der Waals surface area contributed by atoms with Crippen molar-refractivity contribution < 1.29 is 4.79 Å². The summed E-state index contributed by atoms with van der Waals surface area (Å²) in [5, 5.41) is 14.2. The molecule has 0 spiro atoms. The second-order valence-electron chi connectivity index (χ2n) is 4.76. The van der Waals surface area contributed by atoms with Crippen LogP contribution in [0, 0.1) is 0 Å². The van der Waals surface area contributed by atoms with Crippen molar-refractivity contribution in [3.8, 4) is 0 Å². The van der Waals surface area contributed by atoms with Crippen LogP contribution in [0.5, 0.6) is 0 Å². The minimum Gasteiger partial charge on any atom is -0.356 e. The summed E-state index contributed by atoms with van der Waals surface area (Å²) in [6.07, 6.45) is 3.03. The molecule has 0 aliphatic rings. The lowest BCUT2D eigenvalue weighted by atomic mass is 10.4. The Hall–Kier alpha value is -2.12. The number of carbonyl (C=O) groups is 1. The Balaban J connectivity index is 2.27. The van der Waals surface area contributed by atoms with Crippen molar-refractivity contribution in [1.82, 2.24) is 30.3 Å². The van der Waals surface area contributed by atoms with E-state index in [9.17, 15) is 4.79 Å². The van der Waals surface area contributed by atoms with Crippen molar-refractivity contribution in [2.24, 2.45) is 4.99 Å². The highest BCUT2D eigenvalue weighted by molar-refractivity contribution is 5.81. The van der Waals surface area contributed by atoms with Gasteiger partial charge in [0.2, 0.25) is 5.91 Å². The minimum absolute atomic E-state index is 0.0926. The van der Waals surface area contributed by atoms with Crippen molar-refractivity contribution in [1.29, 1.82) is 0 Å². The third kappa shape index (κ3) is 5.80. The standard InChI is InChI=1S/C13H25N7O/c1-5-11-18-17-10-20(11)9-8-16-13(14-2)15-7-6-12(21)19(3)4/h10H,5-9H2,1-4H3,(H2,14,15,16). The summed E-state index contributed by atoms with van der Waals surface area (Å²) in [5.74, 6) is 1.75. The molecule has 1 aromatic rings. The quantitative estimate of drug-likeness (QED) is 0.522. The average Bonchev–Trinajstić information content (AvgIpc) is 2.92. The molecule has 0 fully saturated rings. The van der Waals surface area contributed by atoms with Crippen LogP contribution < -0.4 is 10.6 Å². The lowest BCUT2D eigenvalue weighted by Crippen LogP contribution is -2.40. The summed E-state index contributed by atoms with van der Waals surface area (Å²) in [6.45, 7) is 4.10. The van der Waals surface area contributed by atoms with Gasteiger partial charge >= 0.3 is 0 Å². The molecule has 1 aromatic heterocycles. The molecule has 0 bridgehead atoms. The molecule has 0 atom stereocenters. The monoisotopic (exact) mass is 295 g/mol. The number of carbonyl (C=O) groups excluding carboxylic acids is 1. The molecule has 2 N–H and O–H groups in total. The van der Waals surface area contributed by atoms with E-state index in [2.05, 4.69) is 32.7 Å². The molecular weight excluding hydrogens is 270 g/mol. The fraction of sp³-hybridized carbons (Fsp3) is 0.692. The zero-order valence-electron chi connectivity index (χ0n) is 13.3. The molecule has 118 valence electrons. The number of hydrogen-bond donors (Lipinski definition) is 2. The molecule has 1 heterocycles. The molecule has 0 saturated carbocycles. The van der Waals surface area contributed by atoms with Gasteiger partial charge in [0.25, 0.3) is 0 Å². The Morgan fingerprint density at radius 3 is 2.71 bits per heavy atom. The van der Waals surface area contributed by atoms with Crippen molar-refractivity contribution in [3.63, 3.8) is 0 Å². The number of aliphatic imine (C=N–C) groups is 1. The van der Waals surface area contributed by atoms with E-state index in [0.29, 0.717) is 25.5 Å². The largest absolute Gasteiger partial charge is 0.356 e. The van der Waals surface area contributed by atoms with Crippen molar-refractivity contribution in [2.45, 2.75) is 26.3 Å². The maximum absolute atomic E-state index is 11.5. The molecule has 8 nitrogen and oxygen atoms in total. The van der Waals surface area contributed by atoms with E-state index in [4.69, 9.17) is 0 Å². The van der Waals surface area contributed by atoms with Gasteiger partial charge in [-0.1, -0.05) is 6.92 Å². The molecule has 0 radical (unpaired) electrons. The summed E-state index contributed by atoms with van der Waals surface area (Å²) >= 11 is 0. The summed E-state index contributed by atoms with van der Waals surface area (Å²) in [7, 11) is 5.21. The molecule has 1 amide bonds. The van der Waals surface area contributed by atoms with Crippen LogP contribution in [0.1, 0.15) is 19.2 Å². The Bertz CT molecular complexity index is 467. The van der Waals surface area contributed by atoms with Gasteiger partial charge in [-0.2, -0.15) is 0 Å². The fourth-order valence-corrected chi connectivity index (χ4v) is 1.77. The average molecular weight is 295 g/mol. The highest BCUT2D eigenvalue weighted by atomic mass is 16.2. The first-order valence-electron chi connectivity index (χ1n) is 7.09. The molecule has 0 saturated heterocycles. The van der Waals surface area contributed by atoms with E-state index < -0.39 is 0 Å². The van der Waals surface area contributed by atoms with Crippen LogP contribution in [-0.4, -0.2) is 65.8 Å². The van der Waals surface area contributed by atoms with E-state index in [1.807, 2.05) is 4.57 Å². The topological polar surface area (TPSA) is 87.4 Å². The van der Waals surface area contributed by atoms with Gasteiger partial charge in [0, 0.05) is 53.6 Å². The van der Waals surface area contributed by atoms with E-state index in [1.165, 1.54) is 0 Å². The fourth-order valence-electron chi connectivity index (χ4n) is 1.77. The third-order valence-corrected chi connectivity index (χ3v) is 3.01. The molecule has 21 heavy (non-hydrogen) atoms. The Labute approximate surface area is 125 Å². The smallest absolute Gasteiger partial charge is 0.223 e. The van der Waals surface area contributed by atoms with Crippen LogP contribution in [0.2, 0.25) is 0 Å². The maximum atomic E-state index is 11.5. The minimum atomic E-state index is 0.0926. The molecule has 1 rings (SSSR count). The number of amides is 1. The first-order chi connectivity index (χ1) is 10.1. The lowest BCUT2D eigenvalue weighted by Gasteiger charge is -2.14. The SMILES string of the molecule is CCc1nncn1CCNC(=NC)NCCC(=O)N(C)C. The number of nitrogens with one attached hydrogen (secondary N) is 2. The molecule has 0 aliphatic heterocycles. The third-order valence-electron chi connectivity index (χ3n) is 3.01. The summed E-state index contributed by atoms with van der Waals surface area (Å²) in [4.78, 5) is 17.2. The van der Waals surface area contributed by atoms with E-state index in [1.54, 1.807) is 32.4 Å². The number of aryl methyl sites for hydroxylation is 1. The normalized spacial score (nSPS) is 11.3.